The fourth-order valence-electron chi connectivity index (χ4n) is 3.79. The first-order chi connectivity index (χ1) is 11.2. The average Bonchev–Trinajstić information content (AvgIpc) is 2.58. The lowest BCUT2D eigenvalue weighted by molar-refractivity contribution is -0.155. The molecular formula is C17H26N4O2. The monoisotopic (exact) mass is 318 g/mol. The molecule has 1 spiro atoms. The van der Waals surface area contributed by atoms with Crippen molar-refractivity contribution in [2.45, 2.75) is 24.9 Å². The summed E-state index contributed by atoms with van der Waals surface area (Å²) >= 11 is 0. The fraction of sp³-hybridized carbons (Fsp3) is 0.647. The molecule has 1 amide bonds. The van der Waals surface area contributed by atoms with Crippen molar-refractivity contribution in [2.75, 3.05) is 46.4 Å². The number of aliphatic hydroxyl groups is 1. The number of carbonyl (C=O) groups excluding carboxylic acids is 1. The largest absolute Gasteiger partial charge is 0.395 e. The van der Waals surface area contributed by atoms with E-state index in [0.29, 0.717) is 13.1 Å². The van der Waals surface area contributed by atoms with Gasteiger partial charge in [-0.1, -0.05) is 0 Å². The molecule has 1 N–H and O–H groups in total. The van der Waals surface area contributed by atoms with E-state index >= 15 is 0 Å². The Balaban J connectivity index is 1.71. The molecule has 23 heavy (non-hydrogen) atoms. The molecule has 1 aromatic rings. The number of likely N-dealkylation sites (tertiary alicyclic amines) is 1. The first-order valence-corrected chi connectivity index (χ1v) is 8.38. The van der Waals surface area contributed by atoms with Crippen LogP contribution in [0.25, 0.3) is 0 Å². The number of piperazine rings is 1. The van der Waals surface area contributed by atoms with Crippen LogP contribution in [-0.2, 0) is 11.3 Å². The highest BCUT2D eigenvalue weighted by Gasteiger charge is 2.48. The van der Waals surface area contributed by atoms with Gasteiger partial charge in [-0.3, -0.25) is 14.7 Å². The van der Waals surface area contributed by atoms with Crippen molar-refractivity contribution < 1.29 is 9.90 Å². The SMILES string of the molecule is CN1CCN(Cc2ccncc2)C(=O)C12CCN(CCO)CC2. The van der Waals surface area contributed by atoms with Crippen LogP contribution in [0.5, 0.6) is 0 Å². The molecule has 126 valence electrons. The Morgan fingerprint density at radius 1 is 1.17 bits per heavy atom. The smallest absolute Gasteiger partial charge is 0.243 e. The second-order valence-electron chi connectivity index (χ2n) is 6.60. The maximum absolute atomic E-state index is 13.2. The fourth-order valence-corrected chi connectivity index (χ4v) is 3.79. The number of piperidine rings is 1. The number of aliphatic hydroxyl groups excluding tert-OH is 1. The minimum absolute atomic E-state index is 0.185. The van der Waals surface area contributed by atoms with Crippen molar-refractivity contribution in [3.63, 3.8) is 0 Å². The number of rotatable bonds is 4. The molecule has 0 saturated carbocycles. The van der Waals surface area contributed by atoms with Crippen LogP contribution in [0.4, 0.5) is 0 Å². The Labute approximate surface area is 137 Å². The lowest BCUT2D eigenvalue weighted by Crippen LogP contribution is -2.67. The first-order valence-electron chi connectivity index (χ1n) is 8.38. The van der Waals surface area contributed by atoms with Crippen molar-refractivity contribution >= 4 is 5.91 Å². The summed E-state index contributed by atoms with van der Waals surface area (Å²) in [6, 6.07) is 3.95. The summed E-state index contributed by atoms with van der Waals surface area (Å²) in [4.78, 5) is 23.7. The van der Waals surface area contributed by atoms with Gasteiger partial charge in [0.2, 0.25) is 5.91 Å². The van der Waals surface area contributed by atoms with Gasteiger partial charge >= 0.3 is 0 Å². The van der Waals surface area contributed by atoms with Crippen LogP contribution in [-0.4, -0.2) is 82.6 Å². The first kappa shape index (κ1) is 16.4. The predicted octanol–water partition coefficient (Wildman–Crippen LogP) is 0.183. The van der Waals surface area contributed by atoms with E-state index in [4.69, 9.17) is 5.11 Å². The number of carbonyl (C=O) groups is 1. The van der Waals surface area contributed by atoms with Crippen LogP contribution in [0.1, 0.15) is 18.4 Å². The van der Waals surface area contributed by atoms with Crippen molar-refractivity contribution in [1.29, 1.82) is 0 Å². The number of hydrogen-bond acceptors (Lipinski definition) is 5. The molecule has 6 heteroatoms. The van der Waals surface area contributed by atoms with Gasteiger partial charge in [-0.15, -0.1) is 0 Å². The number of likely N-dealkylation sites (N-methyl/N-ethyl adjacent to an activating group) is 1. The van der Waals surface area contributed by atoms with Crippen LogP contribution >= 0.6 is 0 Å². The zero-order valence-electron chi connectivity index (χ0n) is 13.8. The van der Waals surface area contributed by atoms with E-state index in [1.54, 1.807) is 12.4 Å². The summed E-state index contributed by atoms with van der Waals surface area (Å²) < 4.78 is 0. The van der Waals surface area contributed by atoms with E-state index in [-0.39, 0.29) is 18.1 Å². The van der Waals surface area contributed by atoms with Crippen LogP contribution in [0, 0.1) is 0 Å². The molecule has 0 radical (unpaired) electrons. The summed E-state index contributed by atoms with van der Waals surface area (Å²) in [6.07, 6.45) is 5.24. The minimum atomic E-state index is -0.364. The molecule has 2 fully saturated rings. The molecule has 2 aliphatic rings. The van der Waals surface area contributed by atoms with Gasteiger partial charge in [0.05, 0.1) is 6.61 Å². The Kier molecular flexibility index (Phi) is 4.94. The summed E-state index contributed by atoms with van der Waals surface area (Å²) in [7, 11) is 2.07. The normalized spacial score (nSPS) is 22.7. The molecule has 0 aromatic carbocycles. The highest BCUT2D eigenvalue weighted by Crippen LogP contribution is 2.33. The van der Waals surface area contributed by atoms with Crippen LogP contribution < -0.4 is 0 Å². The molecule has 3 heterocycles. The average molecular weight is 318 g/mol. The number of amides is 1. The number of β-amino-alcohol motifs (C(OH)–C–C–N with tert-alkyl or cyclic N) is 1. The van der Waals surface area contributed by atoms with Gasteiger partial charge in [0.15, 0.2) is 0 Å². The number of pyridine rings is 1. The van der Waals surface area contributed by atoms with E-state index < -0.39 is 0 Å². The van der Waals surface area contributed by atoms with Gasteiger partial charge in [-0.25, -0.2) is 0 Å². The van der Waals surface area contributed by atoms with Gasteiger partial charge in [0.1, 0.15) is 5.54 Å². The third kappa shape index (κ3) is 3.24. The van der Waals surface area contributed by atoms with Crippen molar-refractivity contribution in [1.82, 2.24) is 19.7 Å². The Bertz CT molecular complexity index is 529. The molecule has 2 saturated heterocycles. The van der Waals surface area contributed by atoms with Crippen molar-refractivity contribution in [3.05, 3.63) is 30.1 Å². The third-order valence-corrected chi connectivity index (χ3v) is 5.34. The summed E-state index contributed by atoms with van der Waals surface area (Å²) in [5, 5.41) is 9.10. The molecule has 0 atom stereocenters. The summed E-state index contributed by atoms with van der Waals surface area (Å²) in [5.41, 5.74) is 0.766. The van der Waals surface area contributed by atoms with E-state index in [9.17, 15) is 4.79 Å². The maximum Gasteiger partial charge on any atom is 0.243 e. The lowest BCUT2D eigenvalue weighted by Gasteiger charge is -2.51. The number of nitrogens with zero attached hydrogens (tertiary/aromatic N) is 4. The molecule has 1 aromatic heterocycles. The molecule has 0 aliphatic carbocycles. The number of aromatic nitrogens is 1. The summed E-state index contributed by atoms with van der Waals surface area (Å²) in [6.45, 7) is 4.99. The van der Waals surface area contributed by atoms with Crippen LogP contribution in [0.3, 0.4) is 0 Å². The van der Waals surface area contributed by atoms with Gasteiger partial charge in [0.25, 0.3) is 0 Å². The van der Waals surface area contributed by atoms with Gasteiger partial charge in [0, 0.05) is 51.7 Å². The number of hydrogen-bond donors (Lipinski definition) is 1. The predicted molar refractivity (Wildman–Crippen MR) is 87.8 cm³/mol. The van der Waals surface area contributed by atoms with Gasteiger partial charge in [-0.05, 0) is 37.6 Å². The Morgan fingerprint density at radius 3 is 2.52 bits per heavy atom. The molecule has 0 bridgehead atoms. The standard InChI is InChI=1S/C17H26N4O2/c1-19-10-11-21(14-15-2-6-18-7-3-15)16(23)17(19)4-8-20(9-5-17)12-13-22/h2-3,6-7,22H,4-5,8-14H2,1H3. The van der Waals surface area contributed by atoms with Gasteiger partial charge < -0.3 is 14.9 Å². The second kappa shape index (κ2) is 6.95. The topological polar surface area (TPSA) is 59.9 Å². The maximum atomic E-state index is 13.2. The zero-order valence-corrected chi connectivity index (χ0v) is 13.8. The third-order valence-electron chi connectivity index (χ3n) is 5.34. The van der Waals surface area contributed by atoms with Crippen LogP contribution in [0.2, 0.25) is 0 Å². The summed E-state index contributed by atoms with van der Waals surface area (Å²) in [5.74, 6) is 0.256. The zero-order chi connectivity index (χ0) is 16.3. The van der Waals surface area contributed by atoms with E-state index in [1.807, 2.05) is 17.0 Å². The van der Waals surface area contributed by atoms with Crippen molar-refractivity contribution in [3.8, 4) is 0 Å². The highest BCUT2D eigenvalue weighted by molar-refractivity contribution is 5.87. The quantitative estimate of drug-likeness (QED) is 0.858. The Hall–Kier alpha value is -1.50. The molecule has 0 unspecified atom stereocenters. The van der Waals surface area contributed by atoms with E-state index in [2.05, 4.69) is 21.8 Å². The van der Waals surface area contributed by atoms with Gasteiger partial charge in [-0.2, -0.15) is 0 Å². The minimum Gasteiger partial charge on any atom is -0.395 e. The van der Waals surface area contributed by atoms with E-state index in [1.165, 1.54) is 0 Å². The molecule has 6 nitrogen and oxygen atoms in total. The second-order valence-corrected chi connectivity index (χ2v) is 6.60. The van der Waals surface area contributed by atoms with E-state index in [0.717, 1.165) is 44.6 Å². The van der Waals surface area contributed by atoms with Crippen molar-refractivity contribution in [2.24, 2.45) is 0 Å². The van der Waals surface area contributed by atoms with Crippen LogP contribution in [0.15, 0.2) is 24.5 Å². The molecule has 3 rings (SSSR count). The Morgan fingerprint density at radius 2 is 1.87 bits per heavy atom. The molecular weight excluding hydrogens is 292 g/mol. The molecule has 2 aliphatic heterocycles. The lowest BCUT2D eigenvalue weighted by atomic mass is 9.82. The highest BCUT2D eigenvalue weighted by atomic mass is 16.3.